The van der Waals surface area contributed by atoms with Crippen molar-refractivity contribution in [3.8, 4) is 0 Å². The van der Waals surface area contributed by atoms with Gasteiger partial charge in [-0.25, -0.2) is 0 Å². The molecule has 1 atom stereocenters. The highest BCUT2D eigenvalue weighted by molar-refractivity contribution is 5.77. The van der Waals surface area contributed by atoms with Crippen molar-refractivity contribution in [2.75, 3.05) is 13.1 Å². The first-order valence-electron chi connectivity index (χ1n) is 4.74. The van der Waals surface area contributed by atoms with Crippen molar-refractivity contribution in [3.63, 3.8) is 0 Å². The number of hydrogen-bond acceptors (Lipinski definition) is 2. The van der Waals surface area contributed by atoms with Crippen molar-refractivity contribution in [3.05, 3.63) is 0 Å². The summed E-state index contributed by atoms with van der Waals surface area (Å²) in [6, 6.07) is 0. The zero-order valence-electron chi connectivity index (χ0n) is 7.31. The molecule has 3 heteroatoms. The Kier molecular flexibility index (Phi) is 1.83. The average molecular weight is 168 g/mol. The molecular formula is C9H16N2O. The van der Waals surface area contributed by atoms with Gasteiger partial charge in [0.25, 0.3) is 0 Å². The molecule has 1 saturated carbocycles. The van der Waals surface area contributed by atoms with Gasteiger partial charge in [-0.2, -0.15) is 0 Å². The molecule has 1 aliphatic carbocycles. The molecular weight excluding hydrogens is 152 g/mol. The highest BCUT2D eigenvalue weighted by atomic mass is 16.1. The molecule has 0 bridgehead atoms. The molecule has 1 saturated heterocycles. The van der Waals surface area contributed by atoms with E-state index in [9.17, 15) is 4.79 Å². The van der Waals surface area contributed by atoms with Crippen LogP contribution >= 0.6 is 0 Å². The molecule has 1 amide bonds. The Bertz CT molecular complexity index is 199. The lowest BCUT2D eigenvalue weighted by Gasteiger charge is -2.50. The number of amides is 1. The molecule has 0 aromatic rings. The van der Waals surface area contributed by atoms with E-state index in [1.165, 1.54) is 19.3 Å². The molecule has 3 N–H and O–H groups in total. The monoisotopic (exact) mass is 168 g/mol. The maximum atomic E-state index is 11.2. The summed E-state index contributed by atoms with van der Waals surface area (Å²) in [6.07, 6.45) is 4.42. The summed E-state index contributed by atoms with van der Waals surface area (Å²) in [5.74, 6) is 0.753. The first kappa shape index (κ1) is 8.05. The minimum absolute atomic E-state index is 0.222. The Morgan fingerprint density at radius 2 is 2.33 bits per heavy atom. The second-order valence-electron chi connectivity index (χ2n) is 4.13. The van der Waals surface area contributed by atoms with E-state index < -0.39 is 0 Å². The molecule has 2 rings (SSSR count). The van der Waals surface area contributed by atoms with Crippen LogP contribution in [-0.2, 0) is 4.79 Å². The number of rotatable bonds is 1. The van der Waals surface area contributed by atoms with Crippen LogP contribution in [0.1, 0.15) is 25.7 Å². The second-order valence-corrected chi connectivity index (χ2v) is 4.13. The molecule has 1 heterocycles. The van der Waals surface area contributed by atoms with Crippen LogP contribution in [0.25, 0.3) is 0 Å². The molecule has 3 nitrogen and oxygen atoms in total. The van der Waals surface area contributed by atoms with Gasteiger partial charge in [-0.1, -0.05) is 6.42 Å². The fourth-order valence-electron chi connectivity index (χ4n) is 2.53. The van der Waals surface area contributed by atoms with Crippen molar-refractivity contribution < 1.29 is 4.79 Å². The topological polar surface area (TPSA) is 55.1 Å². The van der Waals surface area contributed by atoms with Crippen LogP contribution in [-0.4, -0.2) is 19.0 Å². The highest BCUT2D eigenvalue weighted by Gasteiger charge is 2.46. The van der Waals surface area contributed by atoms with Gasteiger partial charge in [0.2, 0.25) is 5.91 Å². The Labute approximate surface area is 72.7 Å². The molecule has 0 aromatic carbocycles. The van der Waals surface area contributed by atoms with Gasteiger partial charge >= 0.3 is 0 Å². The summed E-state index contributed by atoms with van der Waals surface area (Å²) in [7, 11) is 0. The van der Waals surface area contributed by atoms with Gasteiger partial charge in [-0.05, 0) is 30.7 Å². The van der Waals surface area contributed by atoms with E-state index in [-0.39, 0.29) is 5.91 Å². The molecule has 0 unspecified atom stereocenters. The van der Waals surface area contributed by atoms with E-state index in [2.05, 4.69) is 5.32 Å². The summed E-state index contributed by atoms with van der Waals surface area (Å²) in [4.78, 5) is 11.2. The Morgan fingerprint density at radius 3 is 2.83 bits per heavy atom. The molecule has 0 radical (unpaired) electrons. The van der Waals surface area contributed by atoms with E-state index in [1.807, 2.05) is 0 Å². The zero-order valence-corrected chi connectivity index (χ0v) is 7.31. The SMILES string of the molecule is NC[C@H]1CNC(=O)CC12CCC2. The number of hydrogen-bond donors (Lipinski definition) is 2. The van der Waals surface area contributed by atoms with Gasteiger partial charge in [-0.3, -0.25) is 4.79 Å². The lowest BCUT2D eigenvalue weighted by molar-refractivity contribution is -0.131. The van der Waals surface area contributed by atoms with Crippen LogP contribution in [0.3, 0.4) is 0 Å². The molecule has 1 spiro atoms. The van der Waals surface area contributed by atoms with E-state index in [0.717, 1.165) is 19.5 Å². The summed E-state index contributed by atoms with van der Waals surface area (Å²) >= 11 is 0. The van der Waals surface area contributed by atoms with Gasteiger partial charge in [0.1, 0.15) is 0 Å². The minimum Gasteiger partial charge on any atom is -0.356 e. The molecule has 2 fully saturated rings. The summed E-state index contributed by atoms with van der Waals surface area (Å²) in [5.41, 5.74) is 5.99. The quantitative estimate of drug-likeness (QED) is 0.589. The van der Waals surface area contributed by atoms with E-state index >= 15 is 0 Å². The van der Waals surface area contributed by atoms with Crippen LogP contribution < -0.4 is 11.1 Å². The maximum Gasteiger partial charge on any atom is 0.220 e. The van der Waals surface area contributed by atoms with Crippen LogP contribution in [0.15, 0.2) is 0 Å². The van der Waals surface area contributed by atoms with Crippen molar-refractivity contribution in [1.82, 2.24) is 5.32 Å². The van der Waals surface area contributed by atoms with Gasteiger partial charge in [-0.15, -0.1) is 0 Å². The predicted molar refractivity (Wildman–Crippen MR) is 46.5 cm³/mol. The van der Waals surface area contributed by atoms with Crippen molar-refractivity contribution in [2.24, 2.45) is 17.1 Å². The number of carbonyl (C=O) groups is 1. The Balaban J connectivity index is 2.09. The summed E-state index contributed by atoms with van der Waals surface area (Å²) < 4.78 is 0. The summed E-state index contributed by atoms with van der Waals surface area (Å²) in [6.45, 7) is 1.52. The number of piperidine rings is 1. The standard InChI is InChI=1S/C9H16N2O/c10-5-7-6-11-8(12)4-9(7)2-1-3-9/h7H,1-6,10H2,(H,11,12)/t7-/m0/s1. The fourth-order valence-corrected chi connectivity index (χ4v) is 2.53. The largest absolute Gasteiger partial charge is 0.356 e. The molecule has 0 aromatic heterocycles. The first-order valence-corrected chi connectivity index (χ1v) is 4.74. The van der Waals surface area contributed by atoms with Crippen molar-refractivity contribution in [2.45, 2.75) is 25.7 Å². The number of nitrogens with one attached hydrogen (secondary N) is 1. The lowest BCUT2D eigenvalue weighted by atomic mass is 9.58. The van der Waals surface area contributed by atoms with E-state index in [4.69, 9.17) is 5.73 Å². The normalized spacial score (nSPS) is 32.8. The fraction of sp³-hybridized carbons (Fsp3) is 0.889. The highest BCUT2D eigenvalue weighted by Crippen LogP contribution is 2.50. The lowest BCUT2D eigenvalue weighted by Crippen LogP contribution is -2.53. The second kappa shape index (κ2) is 2.73. The van der Waals surface area contributed by atoms with Crippen LogP contribution in [0.5, 0.6) is 0 Å². The van der Waals surface area contributed by atoms with Gasteiger partial charge < -0.3 is 11.1 Å². The third kappa shape index (κ3) is 1.04. The molecule has 12 heavy (non-hydrogen) atoms. The third-order valence-corrected chi connectivity index (χ3v) is 3.56. The van der Waals surface area contributed by atoms with Gasteiger partial charge in [0, 0.05) is 13.0 Å². The average Bonchev–Trinajstić information content (AvgIpc) is 2.01. The van der Waals surface area contributed by atoms with Gasteiger partial charge in [0.05, 0.1) is 0 Å². The van der Waals surface area contributed by atoms with Crippen molar-refractivity contribution in [1.29, 1.82) is 0 Å². The maximum absolute atomic E-state index is 11.2. The van der Waals surface area contributed by atoms with E-state index in [1.54, 1.807) is 0 Å². The van der Waals surface area contributed by atoms with Crippen LogP contribution in [0, 0.1) is 11.3 Å². The Hall–Kier alpha value is -0.570. The molecule has 2 aliphatic rings. The molecule has 1 aliphatic heterocycles. The van der Waals surface area contributed by atoms with Crippen LogP contribution in [0.4, 0.5) is 0 Å². The summed E-state index contributed by atoms with van der Waals surface area (Å²) in [5, 5.41) is 2.89. The minimum atomic E-state index is 0.222. The number of carbonyl (C=O) groups excluding carboxylic acids is 1. The Morgan fingerprint density at radius 1 is 1.58 bits per heavy atom. The first-order chi connectivity index (χ1) is 5.77. The smallest absolute Gasteiger partial charge is 0.220 e. The van der Waals surface area contributed by atoms with Gasteiger partial charge in [0.15, 0.2) is 0 Å². The zero-order chi connectivity index (χ0) is 8.60. The third-order valence-electron chi connectivity index (χ3n) is 3.56. The van der Waals surface area contributed by atoms with Crippen molar-refractivity contribution >= 4 is 5.91 Å². The molecule has 68 valence electrons. The number of nitrogens with two attached hydrogens (primary N) is 1. The van der Waals surface area contributed by atoms with E-state index in [0.29, 0.717) is 11.3 Å². The predicted octanol–water partition coefficient (Wildman–Crippen LogP) is 0.251. The van der Waals surface area contributed by atoms with Crippen LogP contribution in [0.2, 0.25) is 0 Å².